The van der Waals surface area contributed by atoms with Crippen LogP contribution in [-0.2, 0) is 13.1 Å². The van der Waals surface area contributed by atoms with E-state index < -0.39 is 0 Å². The topological polar surface area (TPSA) is 49.3 Å². The van der Waals surface area contributed by atoms with Gasteiger partial charge >= 0.3 is 0 Å². The van der Waals surface area contributed by atoms with Crippen LogP contribution in [0.25, 0.3) is 0 Å². The number of thiazole rings is 1. The molecule has 0 aliphatic heterocycles. The third kappa shape index (κ3) is 4.03. The van der Waals surface area contributed by atoms with Gasteiger partial charge < -0.3 is 10.6 Å². The van der Waals surface area contributed by atoms with Gasteiger partial charge in [-0.2, -0.15) is 0 Å². The Morgan fingerprint density at radius 3 is 2.70 bits per heavy atom. The molecule has 2 N–H and O–H groups in total. The van der Waals surface area contributed by atoms with Crippen molar-refractivity contribution < 1.29 is 4.39 Å². The lowest BCUT2D eigenvalue weighted by atomic mass is 10.2. The zero-order chi connectivity index (χ0) is 14.4. The molecule has 0 amide bonds. The first-order chi connectivity index (χ1) is 9.69. The van der Waals surface area contributed by atoms with Crippen LogP contribution >= 0.6 is 11.3 Å². The van der Waals surface area contributed by atoms with Crippen molar-refractivity contribution in [1.29, 1.82) is 0 Å². The first-order valence-electron chi connectivity index (χ1n) is 6.28. The fraction of sp³-hybridized carbons (Fsp3) is 0.286. The molecule has 1 heterocycles. The maximum atomic E-state index is 13.5. The van der Waals surface area contributed by atoms with Crippen LogP contribution in [-0.4, -0.2) is 18.0 Å². The molecule has 1 aromatic heterocycles. The van der Waals surface area contributed by atoms with Gasteiger partial charge in [0.2, 0.25) is 0 Å². The fourth-order valence-electron chi connectivity index (χ4n) is 1.70. The maximum absolute atomic E-state index is 13.5. The summed E-state index contributed by atoms with van der Waals surface area (Å²) in [5.41, 5.74) is 0.615. The van der Waals surface area contributed by atoms with Gasteiger partial charge in [-0.15, -0.1) is 11.3 Å². The van der Waals surface area contributed by atoms with Gasteiger partial charge in [0, 0.05) is 30.2 Å². The van der Waals surface area contributed by atoms with Crippen molar-refractivity contribution in [2.45, 2.75) is 20.0 Å². The van der Waals surface area contributed by atoms with E-state index in [-0.39, 0.29) is 5.82 Å². The molecule has 6 heteroatoms. The second-order valence-corrected chi connectivity index (χ2v) is 5.54. The molecule has 2 aromatic rings. The van der Waals surface area contributed by atoms with Crippen molar-refractivity contribution in [3.63, 3.8) is 0 Å². The van der Waals surface area contributed by atoms with Crippen molar-refractivity contribution in [3.05, 3.63) is 51.7 Å². The monoisotopic (exact) mass is 292 g/mol. The van der Waals surface area contributed by atoms with Crippen molar-refractivity contribution in [1.82, 2.24) is 15.6 Å². The number of halogens is 1. The highest BCUT2D eigenvalue weighted by Crippen LogP contribution is 2.10. The zero-order valence-corrected chi connectivity index (χ0v) is 12.3. The molecule has 0 fully saturated rings. The Balaban J connectivity index is 1.85. The van der Waals surface area contributed by atoms with Crippen LogP contribution in [0.15, 0.2) is 35.5 Å². The number of aliphatic imine (C=N–C) groups is 1. The van der Waals surface area contributed by atoms with Crippen molar-refractivity contribution >= 4 is 17.3 Å². The number of guanidine groups is 1. The summed E-state index contributed by atoms with van der Waals surface area (Å²) >= 11 is 1.64. The summed E-state index contributed by atoms with van der Waals surface area (Å²) in [7, 11) is 1.69. The summed E-state index contributed by atoms with van der Waals surface area (Å²) in [6.07, 6.45) is 1.84. The normalized spacial score (nSPS) is 11.4. The lowest BCUT2D eigenvalue weighted by Gasteiger charge is -2.11. The average Bonchev–Trinajstić information content (AvgIpc) is 2.86. The van der Waals surface area contributed by atoms with E-state index in [9.17, 15) is 4.39 Å². The molecule has 0 unspecified atom stereocenters. The number of nitrogens with one attached hydrogen (secondary N) is 2. The van der Waals surface area contributed by atoms with Gasteiger partial charge in [-0.1, -0.05) is 18.2 Å². The standard InChI is InChI=1S/C14H17FN4S/c1-10-17-8-12(20-10)9-19-14(16-2)18-7-11-5-3-4-6-13(11)15/h3-6,8H,7,9H2,1-2H3,(H2,16,18,19). The van der Waals surface area contributed by atoms with Crippen LogP contribution in [0.5, 0.6) is 0 Å². The van der Waals surface area contributed by atoms with Gasteiger partial charge in [0.25, 0.3) is 0 Å². The highest BCUT2D eigenvalue weighted by Gasteiger charge is 2.03. The lowest BCUT2D eigenvalue weighted by molar-refractivity contribution is 0.604. The lowest BCUT2D eigenvalue weighted by Crippen LogP contribution is -2.36. The summed E-state index contributed by atoms with van der Waals surface area (Å²) in [5, 5.41) is 7.30. The molecule has 1 aromatic carbocycles. The summed E-state index contributed by atoms with van der Waals surface area (Å²) < 4.78 is 13.5. The minimum atomic E-state index is -0.214. The molecule has 0 saturated heterocycles. The van der Waals surface area contributed by atoms with Crippen LogP contribution in [0.4, 0.5) is 4.39 Å². The Morgan fingerprint density at radius 1 is 1.30 bits per heavy atom. The van der Waals surface area contributed by atoms with E-state index in [1.54, 1.807) is 30.5 Å². The second-order valence-electron chi connectivity index (χ2n) is 4.22. The predicted molar refractivity (Wildman–Crippen MR) is 80.3 cm³/mol. The van der Waals surface area contributed by atoms with Gasteiger partial charge in [-0.05, 0) is 13.0 Å². The van der Waals surface area contributed by atoms with Crippen molar-refractivity contribution in [2.24, 2.45) is 4.99 Å². The van der Waals surface area contributed by atoms with E-state index in [0.717, 1.165) is 9.88 Å². The number of aryl methyl sites for hydroxylation is 1. The van der Waals surface area contributed by atoms with Gasteiger partial charge in [0.15, 0.2) is 5.96 Å². The molecule has 2 rings (SSSR count). The number of hydrogen-bond donors (Lipinski definition) is 2. The van der Waals surface area contributed by atoms with Crippen LogP contribution < -0.4 is 10.6 Å². The Hall–Kier alpha value is -1.95. The molecule has 0 saturated carbocycles. The van der Waals surface area contributed by atoms with E-state index in [4.69, 9.17) is 0 Å². The molecule has 0 bridgehead atoms. The van der Waals surface area contributed by atoms with Gasteiger partial charge in [0.05, 0.1) is 11.6 Å². The molecule has 0 aliphatic carbocycles. The molecule has 0 spiro atoms. The zero-order valence-electron chi connectivity index (χ0n) is 11.5. The largest absolute Gasteiger partial charge is 0.352 e. The highest BCUT2D eigenvalue weighted by atomic mass is 32.1. The fourth-order valence-corrected chi connectivity index (χ4v) is 2.43. The van der Waals surface area contributed by atoms with Crippen LogP contribution in [0, 0.1) is 12.7 Å². The summed E-state index contributed by atoms with van der Waals surface area (Å²) in [5.74, 6) is 0.424. The van der Waals surface area contributed by atoms with E-state index >= 15 is 0 Å². The molecule has 4 nitrogen and oxygen atoms in total. The molecule has 0 atom stereocenters. The summed E-state index contributed by atoms with van der Waals surface area (Å²) in [6.45, 7) is 3.02. The average molecular weight is 292 g/mol. The van der Waals surface area contributed by atoms with Crippen LogP contribution in [0.3, 0.4) is 0 Å². The third-order valence-corrected chi connectivity index (χ3v) is 3.64. The molecule has 106 valence electrons. The first kappa shape index (κ1) is 14.5. The SMILES string of the molecule is CN=C(NCc1cnc(C)s1)NCc1ccccc1F. The van der Waals surface area contributed by atoms with Crippen LogP contribution in [0.1, 0.15) is 15.4 Å². The van der Waals surface area contributed by atoms with Gasteiger partial charge in [0.1, 0.15) is 5.82 Å². The Bertz CT molecular complexity index is 594. The minimum absolute atomic E-state index is 0.214. The predicted octanol–water partition coefficient (Wildman–Crippen LogP) is 2.46. The highest BCUT2D eigenvalue weighted by molar-refractivity contribution is 7.11. The maximum Gasteiger partial charge on any atom is 0.191 e. The number of hydrogen-bond acceptors (Lipinski definition) is 3. The van der Waals surface area contributed by atoms with E-state index in [2.05, 4.69) is 20.6 Å². The molecule has 0 aliphatic rings. The Morgan fingerprint density at radius 2 is 2.05 bits per heavy atom. The van der Waals surface area contributed by atoms with Crippen molar-refractivity contribution in [3.8, 4) is 0 Å². The third-order valence-electron chi connectivity index (χ3n) is 2.73. The van der Waals surface area contributed by atoms with Gasteiger partial charge in [-0.25, -0.2) is 9.37 Å². The summed E-state index contributed by atoms with van der Waals surface area (Å²) in [6, 6.07) is 6.70. The Labute approximate surface area is 121 Å². The Kier molecular flexibility index (Phi) is 5.06. The molecular weight excluding hydrogens is 275 g/mol. The van der Waals surface area contributed by atoms with Crippen molar-refractivity contribution in [2.75, 3.05) is 7.05 Å². The van der Waals surface area contributed by atoms with E-state index in [1.807, 2.05) is 19.2 Å². The molecule has 20 heavy (non-hydrogen) atoms. The number of nitrogens with zero attached hydrogens (tertiary/aromatic N) is 2. The van der Waals surface area contributed by atoms with Crippen LogP contribution in [0.2, 0.25) is 0 Å². The number of aromatic nitrogens is 1. The van der Waals surface area contributed by atoms with E-state index in [1.165, 1.54) is 6.07 Å². The second kappa shape index (κ2) is 7.00. The molecule has 0 radical (unpaired) electrons. The smallest absolute Gasteiger partial charge is 0.191 e. The summed E-state index contributed by atoms with van der Waals surface area (Å²) in [4.78, 5) is 9.44. The minimum Gasteiger partial charge on any atom is -0.352 e. The van der Waals surface area contributed by atoms with E-state index in [0.29, 0.717) is 24.6 Å². The number of rotatable bonds is 4. The molecular formula is C14H17FN4S. The number of benzene rings is 1. The quantitative estimate of drug-likeness (QED) is 0.672. The first-order valence-corrected chi connectivity index (χ1v) is 7.10. The van der Waals surface area contributed by atoms with Gasteiger partial charge in [-0.3, -0.25) is 4.99 Å².